The van der Waals surface area contributed by atoms with Crippen molar-refractivity contribution in [3.8, 4) is 0 Å². The normalized spacial score (nSPS) is 29.6. The minimum absolute atomic E-state index is 0.117. The molecule has 1 aliphatic carbocycles. The summed E-state index contributed by atoms with van der Waals surface area (Å²) < 4.78 is 13.1. The summed E-state index contributed by atoms with van der Waals surface area (Å²) in [6.45, 7) is 2.30. The molecule has 16 heavy (non-hydrogen) atoms. The first kappa shape index (κ1) is 11.6. The molecule has 0 amide bonds. The first-order valence-electron chi connectivity index (χ1n) is 6.12. The van der Waals surface area contributed by atoms with Crippen LogP contribution in [0.15, 0.2) is 24.3 Å². The molecule has 1 fully saturated rings. The molecule has 3 unspecified atom stereocenters. The van der Waals surface area contributed by atoms with E-state index in [1.165, 1.54) is 18.9 Å². The van der Waals surface area contributed by atoms with Gasteiger partial charge in [-0.1, -0.05) is 19.1 Å². The van der Waals surface area contributed by atoms with Gasteiger partial charge in [0, 0.05) is 6.04 Å². The van der Waals surface area contributed by atoms with Crippen molar-refractivity contribution >= 4 is 0 Å². The SMILES string of the molecule is CNC1CCC(Cc2cccc(F)c2)C1C. The number of benzene rings is 1. The van der Waals surface area contributed by atoms with Crippen LogP contribution in [0.5, 0.6) is 0 Å². The van der Waals surface area contributed by atoms with Crippen molar-refractivity contribution in [2.45, 2.75) is 32.2 Å². The second-order valence-electron chi connectivity index (χ2n) is 4.93. The van der Waals surface area contributed by atoms with E-state index in [1.54, 1.807) is 12.1 Å². The number of hydrogen-bond acceptors (Lipinski definition) is 1. The average Bonchev–Trinajstić information content (AvgIpc) is 2.60. The fourth-order valence-electron chi connectivity index (χ4n) is 2.91. The van der Waals surface area contributed by atoms with Crippen LogP contribution >= 0.6 is 0 Å². The van der Waals surface area contributed by atoms with Crippen LogP contribution in [-0.2, 0) is 6.42 Å². The number of hydrogen-bond donors (Lipinski definition) is 1. The molecule has 0 saturated heterocycles. The van der Waals surface area contributed by atoms with Crippen LogP contribution < -0.4 is 5.32 Å². The van der Waals surface area contributed by atoms with Gasteiger partial charge in [-0.25, -0.2) is 4.39 Å². The van der Waals surface area contributed by atoms with Gasteiger partial charge in [-0.15, -0.1) is 0 Å². The van der Waals surface area contributed by atoms with Crippen molar-refractivity contribution in [2.24, 2.45) is 11.8 Å². The first-order valence-corrected chi connectivity index (χ1v) is 6.12. The molecular weight excluding hydrogens is 201 g/mol. The van der Waals surface area contributed by atoms with Gasteiger partial charge in [0.05, 0.1) is 0 Å². The van der Waals surface area contributed by atoms with Crippen LogP contribution in [0.1, 0.15) is 25.3 Å². The smallest absolute Gasteiger partial charge is 0.123 e. The average molecular weight is 221 g/mol. The molecule has 88 valence electrons. The van der Waals surface area contributed by atoms with Crippen molar-refractivity contribution in [3.05, 3.63) is 35.6 Å². The quantitative estimate of drug-likeness (QED) is 0.827. The van der Waals surface area contributed by atoms with E-state index in [1.807, 2.05) is 13.1 Å². The molecule has 1 nitrogen and oxygen atoms in total. The molecule has 0 heterocycles. The second kappa shape index (κ2) is 4.96. The lowest BCUT2D eigenvalue weighted by molar-refractivity contribution is 0.363. The Morgan fingerprint density at radius 3 is 2.81 bits per heavy atom. The summed E-state index contributed by atoms with van der Waals surface area (Å²) in [5.74, 6) is 1.26. The summed E-state index contributed by atoms with van der Waals surface area (Å²) in [7, 11) is 2.03. The zero-order chi connectivity index (χ0) is 11.5. The summed E-state index contributed by atoms with van der Waals surface area (Å²) >= 11 is 0. The Morgan fingerprint density at radius 2 is 2.19 bits per heavy atom. The van der Waals surface area contributed by atoms with Crippen molar-refractivity contribution in [1.82, 2.24) is 5.32 Å². The van der Waals surface area contributed by atoms with Gasteiger partial charge < -0.3 is 5.32 Å². The van der Waals surface area contributed by atoms with Gasteiger partial charge >= 0.3 is 0 Å². The third-order valence-electron chi connectivity index (χ3n) is 3.98. The summed E-state index contributed by atoms with van der Waals surface area (Å²) in [5, 5.41) is 3.37. The van der Waals surface area contributed by atoms with E-state index >= 15 is 0 Å². The van der Waals surface area contributed by atoms with Gasteiger partial charge in [-0.2, -0.15) is 0 Å². The van der Waals surface area contributed by atoms with Gasteiger partial charge in [-0.3, -0.25) is 0 Å². The lowest BCUT2D eigenvalue weighted by Gasteiger charge is -2.20. The Morgan fingerprint density at radius 1 is 1.38 bits per heavy atom. The summed E-state index contributed by atoms with van der Waals surface area (Å²) in [6, 6.07) is 7.65. The molecule has 1 saturated carbocycles. The van der Waals surface area contributed by atoms with Crippen LogP contribution in [0.4, 0.5) is 4.39 Å². The third kappa shape index (κ3) is 2.43. The van der Waals surface area contributed by atoms with Crippen LogP contribution in [0, 0.1) is 17.7 Å². The zero-order valence-corrected chi connectivity index (χ0v) is 10.0. The molecule has 2 rings (SSSR count). The van der Waals surface area contributed by atoms with E-state index in [2.05, 4.69) is 12.2 Å². The van der Waals surface area contributed by atoms with E-state index < -0.39 is 0 Å². The van der Waals surface area contributed by atoms with Crippen molar-refractivity contribution in [1.29, 1.82) is 0 Å². The zero-order valence-electron chi connectivity index (χ0n) is 10.0. The van der Waals surface area contributed by atoms with Crippen LogP contribution in [0.3, 0.4) is 0 Å². The third-order valence-corrected chi connectivity index (χ3v) is 3.98. The Labute approximate surface area is 97.1 Å². The molecule has 1 N–H and O–H groups in total. The molecule has 2 heteroatoms. The number of halogens is 1. The minimum atomic E-state index is -0.117. The fourth-order valence-corrected chi connectivity index (χ4v) is 2.91. The molecular formula is C14H20FN. The highest BCUT2D eigenvalue weighted by Crippen LogP contribution is 2.34. The van der Waals surface area contributed by atoms with E-state index in [4.69, 9.17) is 0 Å². The van der Waals surface area contributed by atoms with Crippen LogP contribution in [0.25, 0.3) is 0 Å². The van der Waals surface area contributed by atoms with Gasteiger partial charge in [0.25, 0.3) is 0 Å². The lowest BCUT2D eigenvalue weighted by atomic mass is 9.89. The predicted molar refractivity (Wildman–Crippen MR) is 64.8 cm³/mol. The number of rotatable bonds is 3. The van der Waals surface area contributed by atoms with Crippen LogP contribution in [-0.4, -0.2) is 13.1 Å². The largest absolute Gasteiger partial charge is 0.317 e. The molecule has 3 atom stereocenters. The highest BCUT2D eigenvalue weighted by molar-refractivity contribution is 5.17. The highest BCUT2D eigenvalue weighted by atomic mass is 19.1. The maximum atomic E-state index is 13.1. The summed E-state index contributed by atoms with van der Waals surface area (Å²) in [5.41, 5.74) is 1.13. The van der Waals surface area contributed by atoms with Crippen molar-refractivity contribution in [3.63, 3.8) is 0 Å². The molecule has 1 aliphatic rings. The van der Waals surface area contributed by atoms with E-state index in [-0.39, 0.29) is 5.82 Å². The Bertz CT molecular complexity index is 350. The van der Waals surface area contributed by atoms with Gasteiger partial charge in [0.1, 0.15) is 5.82 Å². The monoisotopic (exact) mass is 221 g/mol. The molecule has 1 aromatic rings. The molecule has 0 aliphatic heterocycles. The lowest BCUT2D eigenvalue weighted by Crippen LogP contribution is -2.29. The van der Waals surface area contributed by atoms with E-state index in [9.17, 15) is 4.39 Å². The fraction of sp³-hybridized carbons (Fsp3) is 0.571. The molecule has 0 bridgehead atoms. The summed E-state index contributed by atoms with van der Waals surface area (Å²) in [6.07, 6.45) is 3.51. The highest BCUT2D eigenvalue weighted by Gasteiger charge is 2.31. The standard InChI is InChI=1S/C14H20FN/c1-10-12(6-7-14(10)16-2)8-11-4-3-5-13(15)9-11/h3-5,9-10,12,14,16H,6-8H2,1-2H3. The predicted octanol–water partition coefficient (Wildman–Crippen LogP) is 3.00. The van der Waals surface area contributed by atoms with Gasteiger partial charge in [0.15, 0.2) is 0 Å². The molecule has 0 aromatic heterocycles. The van der Waals surface area contributed by atoms with Crippen molar-refractivity contribution < 1.29 is 4.39 Å². The first-order chi connectivity index (χ1) is 7.70. The number of nitrogens with one attached hydrogen (secondary N) is 1. The van der Waals surface area contributed by atoms with E-state index in [0.29, 0.717) is 17.9 Å². The Kier molecular flexibility index (Phi) is 3.59. The molecule has 1 aromatic carbocycles. The van der Waals surface area contributed by atoms with E-state index in [0.717, 1.165) is 12.0 Å². The van der Waals surface area contributed by atoms with Gasteiger partial charge in [0.2, 0.25) is 0 Å². The molecule has 0 spiro atoms. The maximum absolute atomic E-state index is 13.1. The van der Waals surface area contributed by atoms with Crippen LogP contribution in [0.2, 0.25) is 0 Å². The molecule has 0 radical (unpaired) electrons. The van der Waals surface area contributed by atoms with Crippen molar-refractivity contribution in [2.75, 3.05) is 7.05 Å². The minimum Gasteiger partial charge on any atom is -0.317 e. The Balaban J connectivity index is 2.00. The van der Waals surface area contributed by atoms with Gasteiger partial charge in [-0.05, 0) is 55.8 Å². The second-order valence-corrected chi connectivity index (χ2v) is 4.93. The summed E-state index contributed by atoms with van der Waals surface area (Å²) in [4.78, 5) is 0. The maximum Gasteiger partial charge on any atom is 0.123 e. The Hall–Kier alpha value is -0.890. The topological polar surface area (TPSA) is 12.0 Å².